The van der Waals surface area contributed by atoms with E-state index in [0.717, 1.165) is 16.9 Å². The minimum absolute atomic E-state index is 0.158. The monoisotopic (exact) mass is 352 g/mol. The van der Waals surface area contributed by atoms with Crippen LogP contribution in [0.15, 0.2) is 29.2 Å². The van der Waals surface area contributed by atoms with E-state index < -0.39 is 0 Å². The van der Waals surface area contributed by atoms with Gasteiger partial charge in [0.15, 0.2) is 0 Å². The first kappa shape index (κ1) is 18.6. The van der Waals surface area contributed by atoms with Crippen molar-refractivity contribution < 1.29 is 19.1 Å². The van der Waals surface area contributed by atoms with Gasteiger partial charge in [-0.3, -0.25) is 4.79 Å². The van der Waals surface area contributed by atoms with Crippen LogP contribution in [0.1, 0.15) is 12.5 Å². The molecular weight excluding hydrogens is 328 g/mol. The molecule has 0 spiro atoms. The zero-order chi connectivity index (χ0) is 17.2. The van der Waals surface area contributed by atoms with E-state index in [1.165, 1.54) is 0 Å². The van der Waals surface area contributed by atoms with Crippen LogP contribution in [-0.4, -0.2) is 62.1 Å². The van der Waals surface area contributed by atoms with Crippen molar-refractivity contribution in [1.29, 1.82) is 0 Å². The first-order chi connectivity index (χ1) is 11.7. The molecule has 1 fully saturated rings. The van der Waals surface area contributed by atoms with E-state index in [1.54, 1.807) is 18.7 Å². The van der Waals surface area contributed by atoms with Crippen LogP contribution < -0.4 is 5.32 Å². The summed E-state index contributed by atoms with van der Waals surface area (Å²) in [4.78, 5) is 26.2. The molecule has 0 bridgehead atoms. The molecule has 1 heterocycles. The number of carbonyl (C=O) groups is 2. The molecule has 132 valence electrons. The maximum atomic E-state index is 12.1. The van der Waals surface area contributed by atoms with Crippen molar-refractivity contribution in [2.24, 2.45) is 0 Å². The largest absolute Gasteiger partial charge is 0.450 e. The van der Waals surface area contributed by atoms with E-state index in [1.807, 2.05) is 29.2 Å². The van der Waals surface area contributed by atoms with E-state index in [-0.39, 0.29) is 12.0 Å². The van der Waals surface area contributed by atoms with Crippen LogP contribution in [0.5, 0.6) is 0 Å². The van der Waals surface area contributed by atoms with Crippen LogP contribution in [0.4, 0.5) is 4.79 Å². The SMILES string of the molecule is CCOC(=O)NCCc1ccc(SCC(=O)N2CCOCC2)cc1. The molecule has 0 atom stereocenters. The number of nitrogens with zero attached hydrogens (tertiary/aromatic N) is 1. The van der Waals surface area contributed by atoms with E-state index in [2.05, 4.69) is 5.32 Å². The van der Waals surface area contributed by atoms with E-state index in [9.17, 15) is 9.59 Å². The number of carbonyl (C=O) groups excluding carboxylic acids is 2. The molecule has 1 aliphatic rings. The van der Waals surface area contributed by atoms with E-state index >= 15 is 0 Å². The summed E-state index contributed by atoms with van der Waals surface area (Å²) in [7, 11) is 0. The maximum absolute atomic E-state index is 12.1. The summed E-state index contributed by atoms with van der Waals surface area (Å²) in [6.07, 6.45) is 0.363. The maximum Gasteiger partial charge on any atom is 0.407 e. The van der Waals surface area contributed by atoms with Gasteiger partial charge >= 0.3 is 6.09 Å². The molecule has 0 saturated carbocycles. The van der Waals surface area contributed by atoms with Gasteiger partial charge in [0.25, 0.3) is 0 Å². The van der Waals surface area contributed by atoms with Gasteiger partial charge in [-0.15, -0.1) is 11.8 Å². The summed E-state index contributed by atoms with van der Waals surface area (Å²) in [6, 6.07) is 8.07. The lowest BCUT2D eigenvalue weighted by atomic mass is 10.1. The Morgan fingerprint density at radius 2 is 1.96 bits per heavy atom. The van der Waals surface area contributed by atoms with Gasteiger partial charge in [-0.25, -0.2) is 4.79 Å². The Kier molecular flexibility index (Phi) is 7.91. The zero-order valence-corrected chi connectivity index (χ0v) is 14.8. The molecule has 0 unspecified atom stereocenters. The van der Waals surface area contributed by atoms with Gasteiger partial charge in [-0.05, 0) is 31.0 Å². The van der Waals surface area contributed by atoms with Crippen molar-refractivity contribution in [1.82, 2.24) is 10.2 Å². The minimum atomic E-state index is -0.383. The highest BCUT2D eigenvalue weighted by molar-refractivity contribution is 8.00. The second-order valence-corrected chi connectivity index (χ2v) is 6.37. The molecule has 2 rings (SSSR count). The highest BCUT2D eigenvalue weighted by Gasteiger charge is 2.16. The number of hydrogen-bond acceptors (Lipinski definition) is 5. The van der Waals surface area contributed by atoms with Crippen molar-refractivity contribution in [3.63, 3.8) is 0 Å². The molecule has 2 amide bonds. The van der Waals surface area contributed by atoms with Gasteiger partial charge in [-0.2, -0.15) is 0 Å². The number of benzene rings is 1. The summed E-state index contributed by atoms with van der Waals surface area (Å²) in [6.45, 7) is 5.33. The van der Waals surface area contributed by atoms with Gasteiger partial charge < -0.3 is 19.7 Å². The lowest BCUT2D eigenvalue weighted by molar-refractivity contribution is -0.132. The van der Waals surface area contributed by atoms with E-state index in [0.29, 0.717) is 45.2 Å². The Morgan fingerprint density at radius 3 is 2.62 bits per heavy atom. The quantitative estimate of drug-likeness (QED) is 0.760. The summed E-state index contributed by atoms with van der Waals surface area (Å²) in [5, 5.41) is 2.70. The van der Waals surface area contributed by atoms with Crippen LogP contribution >= 0.6 is 11.8 Å². The van der Waals surface area contributed by atoms with Crippen LogP contribution in [0.2, 0.25) is 0 Å². The van der Waals surface area contributed by atoms with E-state index in [4.69, 9.17) is 9.47 Å². The zero-order valence-electron chi connectivity index (χ0n) is 14.0. The summed E-state index contributed by atoms with van der Waals surface area (Å²) < 4.78 is 10.1. The molecule has 1 aromatic carbocycles. The number of rotatable bonds is 7. The fraction of sp³-hybridized carbons (Fsp3) is 0.529. The topological polar surface area (TPSA) is 67.9 Å². The van der Waals surface area contributed by atoms with Crippen molar-refractivity contribution in [3.8, 4) is 0 Å². The average molecular weight is 352 g/mol. The number of ether oxygens (including phenoxy) is 2. The number of hydrogen-bond donors (Lipinski definition) is 1. The first-order valence-corrected chi connectivity index (χ1v) is 9.15. The van der Waals surface area contributed by atoms with Gasteiger partial charge in [0, 0.05) is 24.5 Å². The summed E-state index contributed by atoms with van der Waals surface area (Å²) >= 11 is 1.54. The Balaban J connectivity index is 1.69. The Hall–Kier alpha value is -1.73. The number of alkyl carbamates (subject to hydrolysis) is 1. The fourth-order valence-electron chi connectivity index (χ4n) is 2.29. The highest BCUT2D eigenvalue weighted by atomic mass is 32.2. The van der Waals surface area contributed by atoms with Crippen molar-refractivity contribution in [3.05, 3.63) is 29.8 Å². The van der Waals surface area contributed by atoms with Crippen LogP contribution in [-0.2, 0) is 20.7 Å². The predicted octanol–water partition coefficient (Wildman–Crippen LogP) is 1.93. The third kappa shape index (κ3) is 6.41. The Labute approximate surface area is 146 Å². The molecular formula is C17H24N2O4S. The lowest BCUT2D eigenvalue weighted by Crippen LogP contribution is -2.41. The predicted molar refractivity (Wildman–Crippen MR) is 93.3 cm³/mol. The van der Waals surface area contributed by atoms with Crippen molar-refractivity contribution in [2.45, 2.75) is 18.2 Å². The fourth-order valence-corrected chi connectivity index (χ4v) is 3.09. The van der Waals surface area contributed by atoms with Crippen LogP contribution in [0.25, 0.3) is 0 Å². The third-order valence-electron chi connectivity index (χ3n) is 3.61. The van der Waals surface area contributed by atoms with Crippen molar-refractivity contribution >= 4 is 23.8 Å². The number of thioether (sulfide) groups is 1. The minimum Gasteiger partial charge on any atom is -0.450 e. The second kappa shape index (κ2) is 10.2. The molecule has 0 radical (unpaired) electrons. The van der Waals surface area contributed by atoms with Gasteiger partial charge in [0.2, 0.25) is 5.91 Å². The van der Waals surface area contributed by atoms with Gasteiger partial charge in [-0.1, -0.05) is 12.1 Å². The van der Waals surface area contributed by atoms with Gasteiger partial charge in [0.05, 0.1) is 25.6 Å². The molecule has 1 aliphatic heterocycles. The average Bonchev–Trinajstić information content (AvgIpc) is 2.62. The normalized spacial score (nSPS) is 14.3. The van der Waals surface area contributed by atoms with Crippen molar-refractivity contribution in [2.75, 3.05) is 45.2 Å². The van der Waals surface area contributed by atoms with Crippen LogP contribution in [0.3, 0.4) is 0 Å². The molecule has 7 heteroatoms. The highest BCUT2D eigenvalue weighted by Crippen LogP contribution is 2.19. The van der Waals surface area contributed by atoms with Gasteiger partial charge in [0.1, 0.15) is 0 Å². The first-order valence-electron chi connectivity index (χ1n) is 8.17. The number of morpholine rings is 1. The number of nitrogens with one attached hydrogen (secondary N) is 1. The number of amides is 2. The smallest absolute Gasteiger partial charge is 0.407 e. The van der Waals surface area contributed by atoms with Crippen LogP contribution in [0, 0.1) is 0 Å². The lowest BCUT2D eigenvalue weighted by Gasteiger charge is -2.26. The summed E-state index contributed by atoms with van der Waals surface area (Å²) in [5.74, 6) is 0.607. The standard InChI is InChI=1S/C17H24N2O4S/c1-2-23-17(21)18-8-7-14-3-5-15(6-4-14)24-13-16(20)19-9-11-22-12-10-19/h3-6H,2,7-13H2,1H3,(H,18,21). The molecule has 1 aromatic rings. The molecule has 1 N–H and O–H groups in total. The molecule has 24 heavy (non-hydrogen) atoms. The molecule has 6 nitrogen and oxygen atoms in total. The molecule has 1 saturated heterocycles. The molecule has 0 aliphatic carbocycles. The third-order valence-corrected chi connectivity index (χ3v) is 4.60. The Morgan fingerprint density at radius 1 is 1.25 bits per heavy atom. The Bertz CT molecular complexity index is 530. The summed E-state index contributed by atoms with van der Waals surface area (Å²) in [5.41, 5.74) is 1.13. The molecule has 0 aromatic heterocycles. The second-order valence-electron chi connectivity index (χ2n) is 5.32.